The molecule has 2 nitrogen and oxygen atoms in total. The summed E-state index contributed by atoms with van der Waals surface area (Å²) in [4.78, 5) is 0. The fourth-order valence-corrected chi connectivity index (χ4v) is 1.93. The Kier molecular flexibility index (Phi) is 3.38. The number of aryl methyl sites for hydroxylation is 1. The summed E-state index contributed by atoms with van der Waals surface area (Å²) < 4.78 is 0. The van der Waals surface area contributed by atoms with E-state index in [2.05, 4.69) is 41.7 Å². The van der Waals surface area contributed by atoms with Gasteiger partial charge in [0.25, 0.3) is 0 Å². The average molecular weight is 202 g/mol. The van der Waals surface area contributed by atoms with Crippen molar-refractivity contribution in [3.8, 4) is 0 Å². The van der Waals surface area contributed by atoms with E-state index >= 15 is 0 Å². The molecule has 2 rings (SSSR count). The van der Waals surface area contributed by atoms with Gasteiger partial charge in [-0.1, -0.05) is 18.6 Å². The summed E-state index contributed by atoms with van der Waals surface area (Å²) in [6.07, 6.45) is 6.30. The van der Waals surface area contributed by atoms with Crippen LogP contribution < -0.4 is 5.43 Å². The maximum atomic E-state index is 4.46. The standard InChI is InChI=1S/C13H18N2/c1-11-6-5-9-13(10-11)15-14-12-7-3-2-4-8-12/h5-6,9-10,15H,2-4,7-8H2,1H3. The fourth-order valence-electron chi connectivity index (χ4n) is 1.93. The number of hydrogen-bond acceptors (Lipinski definition) is 2. The molecule has 1 saturated carbocycles. The number of nitrogens with zero attached hydrogens (tertiary/aromatic N) is 1. The number of hydrogen-bond donors (Lipinski definition) is 1. The van der Waals surface area contributed by atoms with Crippen LogP contribution in [-0.2, 0) is 0 Å². The van der Waals surface area contributed by atoms with Crippen molar-refractivity contribution in [2.45, 2.75) is 39.0 Å². The number of hydrazone groups is 1. The predicted molar refractivity (Wildman–Crippen MR) is 65.3 cm³/mol. The van der Waals surface area contributed by atoms with Crippen molar-refractivity contribution in [3.05, 3.63) is 29.8 Å². The molecule has 0 unspecified atom stereocenters. The van der Waals surface area contributed by atoms with Gasteiger partial charge in [0.05, 0.1) is 5.69 Å². The van der Waals surface area contributed by atoms with Crippen molar-refractivity contribution in [2.24, 2.45) is 5.10 Å². The highest BCUT2D eigenvalue weighted by Crippen LogP contribution is 2.16. The van der Waals surface area contributed by atoms with Crippen LogP contribution in [-0.4, -0.2) is 5.71 Å². The van der Waals surface area contributed by atoms with Gasteiger partial charge >= 0.3 is 0 Å². The second kappa shape index (κ2) is 4.96. The zero-order valence-corrected chi connectivity index (χ0v) is 9.29. The van der Waals surface area contributed by atoms with Gasteiger partial charge in [0.2, 0.25) is 0 Å². The van der Waals surface area contributed by atoms with E-state index in [4.69, 9.17) is 0 Å². The third-order valence-electron chi connectivity index (χ3n) is 2.79. The lowest BCUT2D eigenvalue weighted by atomic mass is 9.99. The Labute approximate surface area is 91.4 Å². The molecule has 0 amide bonds. The topological polar surface area (TPSA) is 24.4 Å². The summed E-state index contributed by atoms with van der Waals surface area (Å²) in [5, 5.41) is 4.46. The van der Waals surface area contributed by atoms with Crippen molar-refractivity contribution < 1.29 is 0 Å². The smallest absolute Gasteiger partial charge is 0.0564 e. The van der Waals surface area contributed by atoms with Crippen LogP contribution in [0.25, 0.3) is 0 Å². The average Bonchev–Trinajstić information content (AvgIpc) is 2.28. The van der Waals surface area contributed by atoms with Crippen LogP contribution in [0.5, 0.6) is 0 Å². The van der Waals surface area contributed by atoms with Gasteiger partial charge in [0.15, 0.2) is 0 Å². The first-order chi connectivity index (χ1) is 7.34. The Morgan fingerprint density at radius 3 is 2.67 bits per heavy atom. The molecule has 2 heteroatoms. The lowest BCUT2D eigenvalue weighted by Crippen LogP contribution is -2.07. The van der Waals surface area contributed by atoms with E-state index in [0.29, 0.717) is 0 Å². The first-order valence-electron chi connectivity index (χ1n) is 5.73. The zero-order chi connectivity index (χ0) is 10.5. The third-order valence-corrected chi connectivity index (χ3v) is 2.79. The van der Waals surface area contributed by atoms with Gasteiger partial charge < -0.3 is 0 Å². The summed E-state index contributed by atoms with van der Waals surface area (Å²) in [5.74, 6) is 0. The number of anilines is 1. The lowest BCUT2D eigenvalue weighted by Gasteiger charge is -2.12. The highest BCUT2D eigenvalue weighted by Gasteiger charge is 2.06. The molecule has 80 valence electrons. The molecule has 1 aliphatic rings. The molecule has 1 N–H and O–H groups in total. The molecule has 1 fully saturated rings. The van der Waals surface area contributed by atoms with Crippen LogP contribution in [0.3, 0.4) is 0 Å². The predicted octanol–water partition coefficient (Wildman–Crippen LogP) is 3.73. The Morgan fingerprint density at radius 1 is 1.13 bits per heavy atom. The van der Waals surface area contributed by atoms with Crippen LogP contribution >= 0.6 is 0 Å². The fraction of sp³-hybridized carbons (Fsp3) is 0.462. The van der Waals surface area contributed by atoms with Crippen molar-refractivity contribution in [3.63, 3.8) is 0 Å². The minimum Gasteiger partial charge on any atom is -0.279 e. The maximum absolute atomic E-state index is 4.46. The molecule has 1 aromatic carbocycles. The third kappa shape index (κ3) is 3.08. The van der Waals surface area contributed by atoms with Crippen molar-refractivity contribution in [2.75, 3.05) is 5.43 Å². The Morgan fingerprint density at radius 2 is 1.93 bits per heavy atom. The molecule has 0 aliphatic heterocycles. The minimum absolute atomic E-state index is 1.09. The molecule has 1 aromatic rings. The Bertz CT molecular complexity index is 347. The first kappa shape index (κ1) is 10.2. The summed E-state index contributed by atoms with van der Waals surface area (Å²) in [6.45, 7) is 2.10. The van der Waals surface area contributed by atoms with E-state index < -0.39 is 0 Å². The minimum atomic E-state index is 1.09. The Balaban J connectivity index is 1.96. The van der Waals surface area contributed by atoms with Crippen LogP contribution in [0.2, 0.25) is 0 Å². The highest BCUT2D eigenvalue weighted by atomic mass is 15.3. The van der Waals surface area contributed by atoms with Crippen molar-refractivity contribution in [1.29, 1.82) is 0 Å². The molecule has 0 heterocycles. The zero-order valence-electron chi connectivity index (χ0n) is 9.29. The van der Waals surface area contributed by atoms with E-state index in [-0.39, 0.29) is 0 Å². The molecule has 0 radical (unpaired) electrons. The van der Waals surface area contributed by atoms with Crippen LogP contribution in [0, 0.1) is 6.92 Å². The monoisotopic (exact) mass is 202 g/mol. The quantitative estimate of drug-likeness (QED) is 0.726. The number of rotatable bonds is 2. The first-order valence-corrected chi connectivity index (χ1v) is 5.73. The van der Waals surface area contributed by atoms with Gasteiger partial charge in [0, 0.05) is 5.71 Å². The maximum Gasteiger partial charge on any atom is 0.0564 e. The van der Waals surface area contributed by atoms with Crippen LogP contribution in [0.15, 0.2) is 29.4 Å². The second-order valence-electron chi connectivity index (χ2n) is 4.22. The van der Waals surface area contributed by atoms with Gasteiger partial charge in [-0.2, -0.15) is 5.10 Å². The highest BCUT2D eigenvalue weighted by molar-refractivity contribution is 5.85. The second-order valence-corrected chi connectivity index (χ2v) is 4.22. The van der Waals surface area contributed by atoms with E-state index in [0.717, 1.165) is 5.69 Å². The van der Waals surface area contributed by atoms with Gasteiger partial charge in [0.1, 0.15) is 0 Å². The van der Waals surface area contributed by atoms with Crippen LogP contribution in [0.4, 0.5) is 5.69 Å². The summed E-state index contributed by atoms with van der Waals surface area (Å²) in [5.41, 5.74) is 6.82. The van der Waals surface area contributed by atoms with Gasteiger partial charge in [-0.05, 0) is 50.3 Å². The molecule has 0 aromatic heterocycles. The normalized spacial score (nSPS) is 16.2. The largest absolute Gasteiger partial charge is 0.279 e. The van der Waals surface area contributed by atoms with E-state index in [9.17, 15) is 0 Å². The SMILES string of the molecule is Cc1cccc(NN=C2CCCCC2)c1. The molecule has 1 aliphatic carbocycles. The summed E-state index contributed by atoms with van der Waals surface area (Å²) in [7, 11) is 0. The Hall–Kier alpha value is -1.31. The van der Waals surface area contributed by atoms with Gasteiger partial charge in [-0.3, -0.25) is 5.43 Å². The van der Waals surface area contributed by atoms with E-state index in [1.54, 1.807) is 0 Å². The molecular weight excluding hydrogens is 184 g/mol. The molecule has 0 spiro atoms. The molecule has 0 bridgehead atoms. The summed E-state index contributed by atoms with van der Waals surface area (Å²) >= 11 is 0. The molecule has 0 atom stereocenters. The molecule has 0 saturated heterocycles. The number of nitrogens with one attached hydrogen (secondary N) is 1. The molecule has 15 heavy (non-hydrogen) atoms. The summed E-state index contributed by atoms with van der Waals surface area (Å²) in [6, 6.07) is 8.32. The lowest BCUT2D eigenvalue weighted by molar-refractivity contribution is 0.665. The van der Waals surface area contributed by atoms with Gasteiger partial charge in [-0.25, -0.2) is 0 Å². The molecular formula is C13H18N2. The number of benzene rings is 1. The van der Waals surface area contributed by atoms with Crippen molar-refractivity contribution >= 4 is 11.4 Å². The van der Waals surface area contributed by atoms with Gasteiger partial charge in [-0.15, -0.1) is 0 Å². The van der Waals surface area contributed by atoms with E-state index in [1.807, 2.05) is 0 Å². The van der Waals surface area contributed by atoms with E-state index in [1.165, 1.54) is 43.4 Å². The van der Waals surface area contributed by atoms with Crippen molar-refractivity contribution in [1.82, 2.24) is 0 Å². The van der Waals surface area contributed by atoms with Crippen LogP contribution in [0.1, 0.15) is 37.7 Å².